The minimum atomic E-state index is -0.429. The highest BCUT2D eigenvalue weighted by Crippen LogP contribution is 2.30. The average Bonchev–Trinajstić information content (AvgIpc) is 2.92. The molecule has 0 spiro atoms. The zero-order valence-corrected chi connectivity index (χ0v) is 15.6. The van der Waals surface area contributed by atoms with E-state index >= 15 is 0 Å². The molecule has 0 saturated carbocycles. The van der Waals surface area contributed by atoms with E-state index in [1.807, 2.05) is 44.4 Å². The van der Waals surface area contributed by atoms with E-state index in [0.29, 0.717) is 16.5 Å². The standard InChI is InChI=1S/C23H18N4O/c1-27(2)21-12-6-11-19-18-10-5-8-16(13-20(18)26-22(19)21)25-23(28)17-9-4-3-7-15(17)14-24/h3-13,26H,1-2H3. The summed E-state index contributed by atoms with van der Waals surface area (Å²) < 4.78 is 0. The minimum Gasteiger partial charge on any atom is -0.376 e. The molecule has 5 nitrogen and oxygen atoms in total. The number of fused-ring (bicyclic) bond motifs is 3. The second-order valence-electron chi connectivity index (χ2n) is 6.72. The van der Waals surface area contributed by atoms with E-state index in [0.717, 1.165) is 27.5 Å². The van der Waals surface area contributed by atoms with Crippen molar-refractivity contribution in [1.82, 2.24) is 4.98 Å². The Morgan fingerprint density at radius 3 is 2.54 bits per heavy atom. The first-order chi connectivity index (χ1) is 13.6. The molecule has 0 aliphatic rings. The molecule has 0 aliphatic heterocycles. The summed E-state index contributed by atoms with van der Waals surface area (Å²) in [4.78, 5) is 22.4. The third kappa shape index (κ3) is 3.01. The van der Waals surface area contributed by atoms with Crippen LogP contribution in [0.1, 0.15) is 15.9 Å². The monoisotopic (exact) mass is 366 g/mol. The average molecular weight is 366 g/mol. The number of carbonyl (C=O) groups is 1. The van der Waals surface area contributed by atoms with Gasteiger partial charge in [0.15, 0.2) is 0 Å². The van der Waals surface area contributed by atoms with Gasteiger partial charge >= 0.3 is 0 Å². The number of carbonyl (C=O) groups excluding carboxylic acids is 1. The number of rotatable bonds is 2. The Balaban J connectivity index is 1.91. The Hall–Kier alpha value is -3.91. The Labute approximate surface area is 162 Å². The molecule has 1 heterocycles. The maximum absolute atomic E-state index is 12.6. The number of H-pyrrole nitrogens is 1. The lowest BCUT2D eigenvalue weighted by Gasteiger charge is -2.13. The summed E-state index contributed by atoms with van der Waals surface area (Å²) in [5.74, 6) is -0.429. The summed E-state index contributed by atoms with van der Waals surface area (Å²) in [6.07, 6.45) is 0. The Kier molecular flexibility index (Phi) is 4.38. The summed E-state index contributed by atoms with van der Waals surface area (Å²) in [5.41, 5.74) is 3.66. The van der Waals surface area contributed by atoms with Gasteiger partial charge in [0.2, 0.25) is 0 Å². The Bertz CT molecular complexity index is 1330. The number of hydrogen-bond acceptors (Lipinski definition) is 3. The second kappa shape index (κ2) is 7.01. The number of anilines is 1. The van der Waals surface area contributed by atoms with Gasteiger partial charge in [-0.15, -0.1) is 0 Å². The number of amides is 1. The van der Waals surface area contributed by atoms with Gasteiger partial charge in [0.05, 0.1) is 33.8 Å². The van der Waals surface area contributed by atoms with Crippen molar-refractivity contribution in [3.05, 3.63) is 83.2 Å². The first-order valence-electron chi connectivity index (χ1n) is 8.89. The molecule has 0 unspecified atom stereocenters. The molecule has 1 N–H and O–H groups in total. The van der Waals surface area contributed by atoms with Crippen molar-refractivity contribution in [1.29, 1.82) is 5.26 Å². The van der Waals surface area contributed by atoms with E-state index in [1.54, 1.807) is 30.3 Å². The van der Waals surface area contributed by atoms with Gasteiger partial charge in [0.25, 0.3) is 5.91 Å². The SMILES string of the molecule is CN(C)c1cccc2c1[nH]c1cc(=NC(=O)c3ccccc3C#N)cccc12. The zero-order chi connectivity index (χ0) is 19.7. The van der Waals surface area contributed by atoms with Crippen LogP contribution in [0.5, 0.6) is 0 Å². The number of nitrogens with zero attached hydrogens (tertiary/aromatic N) is 3. The molecule has 0 saturated heterocycles. The Morgan fingerprint density at radius 1 is 1.00 bits per heavy atom. The minimum absolute atomic E-state index is 0.305. The van der Waals surface area contributed by atoms with Gasteiger partial charge in [-0.2, -0.15) is 5.26 Å². The zero-order valence-electron chi connectivity index (χ0n) is 15.6. The van der Waals surface area contributed by atoms with Crippen LogP contribution < -0.4 is 10.3 Å². The number of para-hydroxylation sites is 1. The molecule has 28 heavy (non-hydrogen) atoms. The van der Waals surface area contributed by atoms with Crippen molar-refractivity contribution in [3.8, 4) is 6.07 Å². The molecule has 0 bridgehead atoms. The number of benzene rings is 2. The summed E-state index contributed by atoms with van der Waals surface area (Å²) in [7, 11) is 4.01. The molecule has 0 fully saturated rings. The molecule has 0 aliphatic carbocycles. The summed E-state index contributed by atoms with van der Waals surface area (Å²) >= 11 is 0. The van der Waals surface area contributed by atoms with E-state index in [2.05, 4.69) is 27.0 Å². The third-order valence-electron chi connectivity index (χ3n) is 4.69. The molecule has 4 rings (SSSR count). The van der Waals surface area contributed by atoms with E-state index in [9.17, 15) is 10.1 Å². The fourth-order valence-electron chi connectivity index (χ4n) is 3.36. The normalized spacial score (nSPS) is 11.5. The van der Waals surface area contributed by atoms with Crippen molar-refractivity contribution in [2.45, 2.75) is 0 Å². The van der Waals surface area contributed by atoms with Gasteiger partial charge in [0.1, 0.15) is 0 Å². The lowest BCUT2D eigenvalue weighted by atomic mass is 10.1. The number of hydrogen-bond donors (Lipinski definition) is 1. The summed E-state index contributed by atoms with van der Waals surface area (Å²) in [6, 6.07) is 22.5. The molecule has 1 aromatic heterocycles. The second-order valence-corrected chi connectivity index (χ2v) is 6.72. The molecule has 0 atom stereocenters. The van der Waals surface area contributed by atoms with E-state index < -0.39 is 5.91 Å². The van der Waals surface area contributed by atoms with Crippen LogP contribution in [0.2, 0.25) is 0 Å². The molecule has 1 amide bonds. The third-order valence-corrected chi connectivity index (χ3v) is 4.69. The van der Waals surface area contributed by atoms with Crippen LogP contribution >= 0.6 is 0 Å². The summed E-state index contributed by atoms with van der Waals surface area (Å²) in [6.45, 7) is 0. The smallest absolute Gasteiger partial charge is 0.278 e. The van der Waals surface area contributed by atoms with Crippen LogP contribution in [0, 0.1) is 11.3 Å². The van der Waals surface area contributed by atoms with Crippen molar-refractivity contribution in [3.63, 3.8) is 0 Å². The molecule has 3 aromatic carbocycles. The van der Waals surface area contributed by atoms with Crippen LogP contribution in [-0.4, -0.2) is 25.0 Å². The molecule has 5 heteroatoms. The highest BCUT2D eigenvalue weighted by molar-refractivity contribution is 6.11. The predicted molar refractivity (Wildman–Crippen MR) is 111 cm³/mol. The number of aromatic nitrogens is 1. The van der Waals surface area contributed by atoms with Gasteiger partial charge in [-0.3, -0.25) is 4.79 Å². The highest BCUT2D eigenvalue weighted by Gasteiger charge is 2.10. The van der Waals surface area contributed by atoms with Crippen molar-refractivity contribution >= 4 is 33.4 Å². The van der Waals surface area contributed by atoms with Gasteiger partial charge < -0.3 is 9.88 Å². The highest BCUT2D eigenvalue weighted by atomic mass is 16.1. The number of aromatic amines is 1. The molecule has 0 radical (unpaired) electrons. The van der Waals surface area contributed by atoms with E-state index in [1.165, 1.54) is 0 Å². The van der Waals surface area contributed by atoms with Crippen LogP contribution in [0.25, 0.3) is 21.8 Å². The Morgan fingerprint density at radius 2 is 1.75 bits per heavy atom. The van der Waals surface area contributed by atoms with Gasteiger partial charge in [-0.05, 0) is 30.3 Å². The molecular weight excluding hydrogens is 348 g/mol. The predicted octanol–water partition coefficient (Wildman–Crippen LogP) is 4.00. The number of nitriles is 1. The van der Waals surface area contributed by atoms with E-state index in [-0.39, 0.29) is 0 Å². The van der Waals surface area contributed by atoms with Crippen LogP contribution in [0.4, 0.5) is 5.69 Å². The lowest BCUT2D eigenvalue weighted by Crippen LogP contribution is -2.08. The quantitative estimate of drug-likeness (QED) is 0.583. The molecular formula is C23H18N4O. The van der Waals surface area contributed by atoms with Crippen molar-refractivity contribution in [2.24, 2.45) is 4.99 Å². The van der Waals surface area contributed by atoms with Gasteiger partial charge in [0, 0.05) is 30.4 Å². The largest absolute Gasteiger partial charge is 0.376 e. The van der Waals surface area contributed by atoms with Crippen LogP contribution in [0.3, 0.4) is 0 Å². The molecule has 4 aromatic rings. The lowest BCUT2D eigenvalue weighted by molar-refractivity contribution is 0.0998. The topological polar surface area (TPSA) is 72.2 Å². The maximum Gasteiger partial charge on any atom is 0.278 e. The first-order valence-corrected chi connectivity index (χ1v) is 8.89. The molecule has 136 valence electrons. The fourth-order valence-corrected chi connectivity index (χ4v) is 3.36. The maximum atomic E-state index is 12.6. The summed E-state index contributed by atoms with van der Waals surface area (Å²) in [5, 5.41) is 11.9. The fraction of sp³-hybridized carbons (Fsp3) is 0.0870. The van der Waals surface area contributed by atoms with Gasteiger partial charge in [-0.25, -0.2) is 4.99 Å². The van der Waals surface area contributed by atoms with Gasteiger partial charge in [-0.1, -0.05) is 36.4 Å². The van der Waals surface area contributed by atoms with E-state index in [4.69, 9.17) is 0 Å². The van der Waals surface area contributed by atoms with Crippen LogP contribution in [-0.2, 0) is 0 Å². The van der Waals surface area contributed by atoms with Crippen LogP contribution in [0.15, 0.2) is 71.7 Å². The first kappa shape index (κ1) is 17.5. The van der Waals surface area contributed by atoms with Crippen molar-refractivity contribution in [2.75, 3.05) is 19.0 Å². The number of nitrogens with one attached hydrogen (secondary N) is 1. The van der Waals surface area contributed by atoms with Crippen molar-refractivity contribution < 1.29 is 4.79 Å².